The molecular formula is C18H20ClN3O. The molecule has 1 amide bonds. The van der Waals surface area contributed by atoms with Gasteiger partial charge in [-0.1, -0.05) is 23.7 Å². The fraction of sp³-hybridized carbons (Fsp3) is 0.333. The number of halogens is 1. The highest BCUT2D eigenvalue weighted by atomic mass is 35.5. The molecule has 1 fully saturated rings. The molecule has 4 nitrogen and oxygen atoms in total. The van der Waals surface area contributed by atoms with Crippen LogP contribution < -0.4 is 10.6 Å². The maximum atomic E-state index is 12.6. The van der Waals surface area contributed by atoms with E-state index < -0.39 is 0 Å². The van der Waals surface area contributed by atoms with Gasteiger partial charge in [0, 0.05) is 24.0 Å². The van der Waals surface area contributed by atoms with E-state index in [1.807, 2.05) is 30.3 Å². The van der Waals surface area contributed by atoms with Crippen molar-refractivity contribution in [2.24, 2.45) is 5.92 Å². The Balaban J connectivity index is 1.75. The standard InChI is InChI=1S/C18H20ClN3O/c19-15-3-1-2-14(10-15)16-6-9-21-12-17(16)18(23)22-11-13-4-7-20-8-5-13/h1-3,6,9-10,12-13,20H,4-5,7-8,11H2,(H,22,23). The molecule has 0 aliphatic carbocycles. The summed E-state index contributed by atoms with van der Waals surface area (Å²) in [6.07, 6.45) is 5.52. The first-order valence-corrected chi connectivity index (χ1v) is 8.30. The van der Waals surface area contributed by atoms with Gasteiger partial charge in [0.2, 0.25) is 0 Å². The van der Waals surface area contributed by atoms with Crippen LogP contribution >= 0.6 is 11.6 Å². The van der Waals surface area contributed by atoms with Crippen LogP contribution in [0.5, 0.6) is 0 Å². The van der Waals surface area contributed by atoms with Crippen LogP contribution in [-0.4, -0.2) is 30.5 Å². The molecule has 0 atom stereocenters. The number of rotatable bonds is 4. The summed E-state index contributed by atoms with van der Waals surface area (Å²) in [5.41, 5.74) is 2.36. The maximum absolute atomic E-state index is 12.6. The molecule has 1 aliphatic rings. The SMILES string of the molecule is O=C(NCC1CCNCC1)c1cnccc1-c1cccc(Cl)c1. The lowest BCUT2D eigenvalue weighted by atomic mass is 9.97. The number of nitrogens with zero attached hydrogens (tertiary/aromatic N) is 1. The van der Waals surface area contributed by atoms with Crippen LogP contribution in [0.2, 0.25) is 5.02 Å². The lowest BCUT2D eigenvalue weighted by molar-refractivity contribution is 0.0944. The van der Waals surface area contributed by atoms with Gasteiger partial charge in [0.25, 0.3) is 5.91 Å². The Morgan fingerprint density at radius 1 is 1.30 bits per heavy atom. The Hall–Kier alpha value is -1.91. The minimum absolute atomic E-state index is 0.0772. The first-order chi connectivity index (χ1) is 11.2. The molecule has 120 valence electrons. The number of pyridine rings is 1. The number of nitrogens with one attached hydrogen (secondary N) is 2. The van der Waals surface area contributed by atoms with Crippen LogP contribution in [-0.2, 0) is 0 Å². The van der Waals surface area contributed by atoms with Crippen molar-refractivity contribution in [1.82, 2.24) is 15.6 Å². The molecular weight excluding hydrogens is 310 g/mol. The summed E-state index contributed by atoms with van der Waals surface area (Å²) in [7, 11) is 0. The number of piperidine rings is 1. The van der Waals surface area contributed by atoms with E-state index >= 15 is 0 Å². The molecule has 2 aromatic rings. The predicted octanol–water partition coefficient (Wildman–Crippen LogP) is 3.13. The van der Waals surface area contributed by atoms with Gasteiger partial charge in [0.05, 0.1) is 5.56 Å². The van der Waals surface area contributed by atoms with E-state index in [-0.39, 0.29) is 5.91 Å². The summed E-state index contributed by atoms with van der Waals surface area (Å²) in [5, 5.41) is 7.04. The molecule has 23 heavy (non-hydrogen) atoms. The van der Waals surface area contributed by atoms with Crippen molar-refractivity contribution in [1.29, 1.82) is 0 Å². The molecule has 0 unspecified atom stereocenters. The zero-order chi connectivity index (χ0) is 16.1. The van der Waals surface area contributed by atoms with Gasteiger partial charge in [0.15, 0.2) is 0 Å². The fourth-order valence-corrected chi connectivity index (χ4v) is 3.09. The Labute approximate surface area is 141 Å². The Morgan fingerprint density at radius 2 is 2.13 bits per heavy atom. The molecule has 0 bridgehead atoms. The van der Waals surface area contributed by atoms with E-state index in [1.165, 1.54) is 0 Å². The van der Waals surface area contributed by atoms with Gasteiger partial charge in [0.1, 0.15) is 0 Å². The Bertz CT molecular complexity index is 683. The van der Waals surface area contributed by atoms with Crippen LogP contribution in [0.4, 0.5) is 0 Å². The predicted molar refractivity (Wildman–Crippen MR) is 92.6 cm³/mol. The van der Waals surface area contributed by atoms with E-state index in [4.69, 9.17) is 11.6 Å². The van der Waals surface area contributed by atoms with E-state index in [0.717, 1.165) is 37.1 Å². The molecule has 0 radical (unpaired) electrons. The molecule has 1 aromatic heterocycles. The fourth-order valence-electron chi connectivity index (χ4n) is 2.90. The third-order valence-electron chi connectivity index (χ3n) is 4.21. The number of carbonyl (C=O) groups excluding carboxylic acids is 1. The molecule has 1 aliphatic heterocycles. The van der Waals surface area contributed by atoms with Gasteiger partial charge < -0.3 is 10.6 Å². The van der Waals surface area contributed by atoms with Gasteiger partial charge >= 0.3 is 0 Å². The average molecular weight is 330 g/mol. The molecule has 2 N–H and O–H groups in total. The second-order valence-corrected chi connectivity index (χ2v) is 6.27. The van der Waals surface area contributed by atoms with Crippen LogP contribution in [0, 0.1) is 5.92 Å². The van der Waals surface area contributed by atoms with E-state index in [2.05, 4.69) is 15.6 Å². The van der Waals surface area contributed by atoms with Crippen molar-refractivity contribution in [3.8, 4) is 11.1 Å². The summed E-state index contributed by atoms with van der Waals surface area (Å²) in [6.45, 7) is 2.77. The van der Waals surface area contributed by atoms with Gasteiger partial charge in [-0.15, -0.1) is 0 Å². The highest BCUT2D eigenvalue weighted by molar-refractivity contribution is 6.30. The van der Waals surface area contributed by atoms with E-state index in [1.54, 1.807) is 12.4 Å². The quantitative estimate of drug-likeness (QED) is 0.906. The number of carbonyl (C=O) groups is 1. The lowest BCUT2D eigenvalue weighted by Gasteiger charge is -2.23. The minimum atomic E-state index is -0.0772. The normalized spacial score (nSPS) is 15.3. The van der Waals surface area contributed by atoms with Gasteiger partial charge in [-0.3, -0.25) is 9.78 Å². The monoisotopic (exact) mass is 329 g/mol. The largest absolute Gasteiger partial charge is 0.352 e. The molecule has 1 saturated heterocycles. The third-order valence-corrected chi connectivity index (χ3v) is 4.45. The summed E-state index contributed by atoms with van der Waals surface area (Å²) >= 11 is 6.07. The summed E-state index contributed by atoms with van der Waals surface area (Å²) in [6, 6.07) is 9.37. The second-order valence-electron chi connectivity index (χ2n) is 5.84. The molecule has 0 spiro atoms. The zero-order valence-electron chi connectivity index (χ0n) is 12.9. The summed E-state index contributed by atoms with van der Waals surface area (Å²) in [5.74, 6) is 0.470. The van der Waals surface area contributed by atoms with Crippen molar-refractivity contribution in [3.05, 3.63) is 53.3 Å². The Kier molecular flexibility index (Phi) is 5.26. The van der Waals surface area contributed by atoms with Crippen molar-refractivity contribution in [3.63, 3.8) is 0 Å². The number of amides is 1. The van der Waals surface area contributed by atoms with Gasteiger partial charge in [-0.25, -0.2) is 0 Å². The maximum Gasteiger partial charge on any atom is 0.253 e. The van der Waals surface area contributed by atoms with Gasteiger partial charge in [-0.2, -0.15) is 0 Å². The van der Waals surface area contributed by atoms with Crippen LogP contribution in [0.15, 0.2) is 42.7 Å². The van der Waals surface area contributed by atoms with Crippen molar-refractivity contribution >= 4 is 17.5 Å². The zero-order valence-corrected chi connectivity index (χ0v) is 13.6. The van der Waals surface area contributed by atoms with Crippen molar-refractivity contribution < 1.29 is 4.79 Å². The van der Waals surface area contributed by atoms with Gasteiger partial charge in [-0.05, 0) is 61.2 Å². The van der Waals surface area contributed by atoms with Crippen molar-refractivity contribution in [2.45, 2.75) is 12.8 Å². The highest BCUT2D eigenvalue weighted by Gasteiger charge is 2.17. The summed E-state index contributed by atoms with van der Waals surface area (Å²) < 4.78 is 0. The van der Waals surface area contributed by atoms with E-state index in [9.17, 15) is 4.79 Å². The molecule has 0 saturated carbocycles. The molecule has 1 aromatic carbocycles. The Morgan fingerprint density at radius 3 is 2.91 bits per heavy atom. The lowest BCUT2D eigenvalue weighted by Crippen LogP contribution is -2.36. The first kappa shape index (κ1) is 16.0. The van der Waals surface area contributed by atoms with E-state index in [0.29, 0.717) is 23.0 Å². The molecule has 2 heterocycles. The third kappa shape index (κ3) is 4.09. The second kappa shape index (κ2) is 7.57. The number of aromatic nitrogens is 1. The smallest absolute Gasteiger partial charge is 0.253 e. The summed E-state index contributed by atoms with van der Waals surface area (Å²) in [4.78, 5) is 16.7. The number of benzene rings is 1. The first-order valence-electron chi connectivity index (χ1n) is 7.93. The number of hydrogen-bond acceptors (Lipinski definition) is 3. The molecule has 3 rings (SSSR count). The van der Waals surface area contributed by atoms with Crippen LogP contribution in [0.3, 0.4) is 0 Å². The highest BCUT2D eigenvalue weighted by Crippen LogP contribution is 2.25. The number of hydrogen-bond donors (Lipinski definition) is 2. The average Bonchev–Trinajstić information content (AvgIpc) is 2.60. The minimum Gasteiger partial charge on any atom is -0.352 e. The van der Waals surface area contributed by atoms with Crippen molar-refractivity contribution in [2.75, 3.05) is 19.6 Å². The topological polar surface area (TPSA) is 54.0 Å². The van der Waals surface area contributed by atoms with Crippen LogP contribution in [0.1, 0.15) is 23.2 Å². The molecule has 5 heteroatoms. The van der Waals surface area contributed by atoms with Crippen LogP contribution in [0.25, 0.3) is 11.1 Å².